The summed E-state index contributed by atoms with van der Waals surface area (Å²) in [6.45, 7) is 4.16. The number of carbonyl (C=O) groups is 1. The van der Waals surface area contributed by atoms with Crippen molar-refractivity contribution in [1.29, 1.82) is 0 Å². The number of benzene rings is 1. The number of hydrogen-bond donors (Lipinski definition) is 1. The maximum atomic E-state index is 13.1. The van der Waals surface area contributed by atoms with Gasteiger partial charge in [-0.15, -0.1) is 0 Å². The Balaban J connectivity index is 1.58. The molecule has 11 heteroatoms. The molecular weight excluding hydrogens is 436 g/mol. The fourth-order valence-electron chi connectivity index (χ4n) is 3.98. The van der Waals surface area contributed by atoms with E-state index in [9.17, 15) is 18.0 Å². The van der Waals surface area contributed by atoms with Crippen molar-refractivity contribution < 1.29 is 22.4 Å². The van der Waals surface area contributed by atoms with Gasteiger partial charge in [0.05, 0.1) is 18.5 Å². The van der Waals surface area contributed by atoms with E-state index in [1.165, 1.54) is 22.4 Å². The molecule has 10 nitrogen and oxygen atoms in total. The fraction of sp³-hybridized carbons (Fsp3) is 0.381. The fourth-order valence-corrected chi connectivity index (χ4v) is 5.79. The Morgan fingerprint density at radius 2 is 1.97 bits per heavy atom. The van der Waals surface area contributed by atoms with Crippen LogP contribution in [0.3, 0.4) is 0 Å². The Bertz CT molecular complexity index is 1320. The molecule has 0 radical (unpaired) electrons. The summed E-state index contributed by atoms with van der Waals surface area (Å²) in [4.78, 5) is 27.3. The third kappa shape index (κ3) is 3.78. The van der Waals surface area contributed by atoms with E-state index in [0.29, 0.717) is 35.5 Å². The number of nitrogens with zero attached hydrogens (tertiary/aromatic N) is 3. The highest BCUT2D eigenvalue weighted by molar-refractivity contribution is 7.89. The van der Waals surface area contributed by atoms with Crippen LogP contribution >= 0.6 is 0 Å². The number of ether oxygens (including phenoxy) is 1. The first-order valence-electron chi connectivity index (χ1n) is 10.2. The Morgan fingerprint density at radius 1 is 1.19 bits per heavy atom. The lowest BCUT2D eigenvalue weighted by atomic mass is 10.1. The number of amides is 1. The van der Waals surface area contributed by atoms with E-state index in [-0.39, 0.29) is 35.7 Å². The number of H-pyrrole nitrogens is 1. The van der Waals surface area contributed by atoms with Crippen LogP contribution in [0, 0.1) is 13.8 Å². The first-order valence-corrected chi connectivity index (χ1v) is 11.6. The zero-order valence-electron chi connectivity index (χ0n) is 18.0. The van der Waals surface area contributed by atoms with Crippen molar-refractivity contribution >= 4 is 26.9 Å². The lowest BCUT2D eigenvalue weighted by molar-refractivity contribution is 0.0760. The maximum absolute atomic E-state index is 13.1. The van der Waals surface area contributed by atoms with E-state index in [1.807, 2.05) is 0 Å². The third-order valence-corrected chi connectivity index (χ3v) is 7.74. The second-order valence-corrected chi connectivity index (χ2v) is 9.51. The maximum Gasteiger partial charge on any atom is 0.349 e. The number of hydrogen-bond acceptors (Lipinski definition) is 7. The first-order chi connectivity index (χ1) is 15.2. The summed E-state index contributed by atoms with van der Waals surface area (Å²) in [5.74, 6) is -0.0857. The number of aromatic nitrogens is 2. The highest BCUT2D eigenvalue weighted by Crippen LogP contribution is 2.26. The SMILES string of the molecule is COc1cccc2cc(C(=O)N3CCCN(S(=O)(=O)c4c(C)n[nH]c4C)CC3)c(=O)oc12. The van der Waals surface area contributed by atoms with Gasteiger partial charge in [0.2, 0.25) is 10.0 Å². The van der Waals surface area contributed by atoms with Gasteiger partial charge in [-0.25, -0.2) is 13.2 Å². The number of fused-ring (bicyclic) bond motifs is 1. The normalized spacial score (nSPS) is 15.7. The van der Waals surface area contributed by atoms with Crippen molar-refractivity contribution in [3.05, 3.63) is 51.6 Å². The van der Waals surface area contributed by atoms with Crippen molar-refractivity contribution in [2.24, 2.45) is 0 Å². The number of para-hydroxylation sites is 1. The summed E-state index contributed by atoms with van der Waals surface area (Å²) in [7, 11) is -2.28. The van der Waals surface area contributed by atoms with E-state index in [2.05, 4.69) is 10.2 Å². The van der Waals surface area contributed by atoms with Crippen molar-refractivity contribution in [3.63, 3.8) is 0 Å². The van der Waals surface area contributed by atoms with E-state index >= 15 is 0 Å². The highest BCUT2D eigenvalue weighted by Gasteiger charge is 2.32. The molecule has 2 aromatic heterocycles. The smallest absolute Gasteiger partial charge is 0.349 e. The first kappa shape index (κ1) is 22.0. The molecule has 0 saturated carbocycles. The quantitative estimate of drug-likeness (QED) is 0.587. The Morgan fingerprint density at radius 3 is 2.66 bits per heavy atom. The van der Waals surface area contributed by atoms with Gasteiger partial charge in [0.25, 0.3) is 5.91 Å². The molecule has 0 aliphatic carbocycles. The summed E-state index contributed by atoms with van der Waals surface area (Å²) < 4.78 is 38.2. The number of methoxy groups -OCH3 is 1. The lowest BCUT2D eigenvalue weighted by Gasteiger charge is -2.22. The Labute approximate surface area is 184 Å². The second kappa shape index (κ2) is 8.40. The van der Waals surface area contributed by atoms with Crippen molar-refractivity contribution in [1.82, 2.24) is 19.4 Å². The van der Waals surface area contributed by atoms with Crippen molar-refractivity contribution in [2.75, 3.05) is 33.3 Å². The molecule has 1 aliphatic rings. The molecule has 4 rings (SSSR count). The third-order valence-electron chi connectivity index (χ3n) is 5.57. The predicted molar refractivity (Wildman–Crippen MR) is 116 cm³/mol. The molecule has 1 saturated heterocycles. The van der Waals surface area contributed by atoms with Crippen LogP contribution in [0.2, 0.25) is 0 Å². The summed E-state index contributed by atoms with van der Waals surface area (Å²) in [6, 6.07) is 6.62. The van der Waals surface area contributed by atoms with Gasteiger partial charge >= 0.3 is 5.63 Å². The molecular formula is C21H24N4O6S. The topological polar surface area (TPSA) is 126 Å². The van der Waals surface area contributed by atoms with Crippen LogP contribution in [-0.2, 0) is 10.0 Å². The van der Waals surface area contributed by atoms with Crippen LogP contribution in [-0.4, -0.2) is 67.0 Å². The largest absolute Gasteiger partial charge is 0.493 e. The zero-order chi connectivity index (χ0) is 23.0. The van der Waals surface area contributed by atoms with Crippen LogP contribution in [0.4, 0.5) is 0 Å². The van der Waals surface area contributed by atoms with Gasteiger partial charge in [-0.2, -0.15) is 9.40 Å². The minimum atomic E-state index is -3.75. The van der Waals surface area contributed by atoms with Crippen LogP contribution < -0.4 is 10.4 Å². The van der Waals surface area contributed by atoms with Gasteiger partial charge in [-0.05, 0) is 32.4 Å². The molecule has 1 fully saturated rings. The molecule has 170 valence electrons. The minimum Gasteiger partial charge on any atom is -0.493 e. The molecule has 1 N–H and O–H groups in total. The molecule has 0 atom stereocenters. The number of nitrogens with one attached hydrogen (secondary N) is 1. The van der Waals surface area contributed by atoms with E-state index in [0.717, 1.165) is 0 Å². The molecule has 0 bridgehead atoms. The van der Waals surface area contributed by atoms with Crippen LogP contribution in [0.5, 0.6) is 5.75 Å². The van der Waals surface area contributed by atoms with Gasteiger partial charge in [0, 0.05) is 31.6 Å². The molecule has 1 amide bonds. The molecule has 3 aromatic rings. The van der Waals surface area contributed by atoms with E-state index in [1.54, 1.807) is 32.0 Å². The van der Waals surface area contributed by atoms with Crippen LogP contribution in [0.1, 0.15) is 28.2 Å². The average molecular weight is 461 g/mol. The zero-order valence-corrected chi connectivity index (χ0v) is 18.9. The second-order valence-electron chi connectivity index (χ2n) is 7.64. The standard InChI is InChI=1S/C21H24N4O6S/c1-13-19(14(2)23-22-13)32(28,29)25-9-5-8-24(10-11-25)20(26)16-12-15-6-4-7-17(30-3)18(15)31-21(16)27/h4,6-7,12H,5,8-11H2,1-3H3,(H,22,23). The molecule has 0 spiro atoms. The Hall–Kier alpha value is -3.18. The number of carbonyl (C=O) groups excluding carboxylic acids is 1. The van der Waals surface area contributed by atoms with Gasteiger partial charge in [0.15, 0.2) is 11.3 Å². The number of aryl methyl sites for hydroxylation is 2. The summed E-state index contributed by atoms with van der Waals surface area (Å²) in [6.07, 6.45) is 0.438. The minimum absolute atomic E-state index is 0.0939. The summed E-state index contributed by atoms with van der Waals surface area (Å²) in [5.41, 5.74) is 0.303. The Kier molecular flexibility index (Phi) is 5.78. The monoisotopic (exact) mass is 460 g/mol. The van der Waals surface area contributed by atoms with Gasteiger partial charge in [-0.1, -0.05) is 12.1 Å². The van der Waals surface area contributed by atoms with Gasteiger partial charge < -0.3 is 14.1 Å². The highest BCUT2D eigenvalue weighted by atomic mass is 32.2. The van der Waals surface area contributed by atoms with Crippen molar-refractivity contribution in [2.45, 2.75) is 25.2 Å². The van der Waals surface area contributed by atoms with E-state index in [4.69, 9.17) is 9.15 Å². The molecule has 1 aromatic carbocycles. The lowest BCUT2D eigenvalue weighted by Crippen LogP contribution is -2.38. The van der Waals surface area contributed by atoms with Crippen molar-refractivity contribution in [3.8, 4) is 5.75 Å². The molecule has 32 heavy (non-hydrogen) atoms. The van der Waals surface area contributed by atoms with Crippen LogP contribution in [0.25, 0.3) is 11.0 Å². The molecule has 1 aliphatic heterocycles. The average Bonchev–Trinajstić information content (AvgIpc) is 2.96. The van der Waals surface area contributed by atoms with Gasteiger partial charge in [0.1, 0.15) is 10.5 Å². The molecule has 3 heterocycles. The molecule has 0 unspecified atom stereocenters. The number of rotatable bonds is 4. The predicted octanol–water partition coefficient (Wildman–Crippen LogP) is 1.68. The van der Waals surface area contributed by atoms with Gasteiger partial charge in [-0.3, -0.25) is 9.89 Å². The number of sulfonamides is 1. The summed E-state index contributed by atoms with van der Waals surface area (Å²) in [5, 5.41) is 7.25. The number of aromatic amines is 1. The van der Waals surface area contributed by atoms with E-state index < -0.39 is 21.6 Å². The summed E-state index contributed by atoms with van der Waals surface area (Å²) >= 11 is 0. The van der Waals surface area contributed by atoms with Crippen LogP contribution in [0.15, 0.2) is 38.4 Å².